The zero-order valence-corrected chi connectivity index (χ0v) is 18.8. The molecule has 0 aliphatic heterocycles. The Hall–Kier alpha value is -2.66. The second kappa shape index (κ2) is 11.1. The first-order valence-corrected chi connectivity index (χ1v) is 12.5. The Morgan fingerprint density at radius 2 is 1.26 bits per heavy atom. The summed E-state index contributed by atoms with van der Waals surface area (Å²) >= 11 is 4.00. The van der Waals surface area contributed by atoms with Crippen molar-refractivity contribution in [3.8, 4) is 0 Å². The molecule has 1 amide bonds. The van der Waals surface area contributed by atoms with E-state index in [9.17, 15) is 9.59 Å². The molecule has 0 saturated heterocycles. The summed E-state index contributed by atoms with van der Waals surface area (Å²) in [4.78, 5) is 24.4. The molecule has 31 heavy (non-hydrogen) atoms. The Bertz CT molecular complexity index is 891. The summed E-state index contributed by atoms with van der Waals surface area (Å²) in [5.41, 5.74) is 5.64. The van der Waals surface area contributed by atoms with E-state index in [-0.39, 0.29) is 18.6 Å². The first-order valence-electron chi connectivity index (χ1n) is 9.92. The molecule has 0 aliphatic rings. The number of amides is 1. The highest BCUT2D eigenvalue weighted by molar-refractivity contribution is 7.95. The molecule has 0 aromatic heterocycles. The van der Waals surface area contributed by atoms with Crippen LogP contribution in [0, 0.1) is 0 Å². The van der Waals surface area contributed by atoms with Crippen LogP contribution in [-0.2, 0) is 14.3 Å². The molecule has 5 nitrogen and oxygen atoms in total. The third kappa shape index (κ3) is 5.53. The van der Waals surface area contributed by atoms with E-state index in [0.717, 1.165) is 15.9 Å². The highest BCUT2D eigenvalue weighted by Crippen LogP contribution is 2.55. The number of ether oxygens (including phenoxy) is 1. The molecule has 0 unspecified atom stereocenters. The molecule has 0 fully saturated rings. The van der Waals surface area contributed by atoms with Crippen molar-refractivity contribution in [1.29, 1.82) is 0 Å². The molecule has 3 N–H and O–H groups in total. The van der Waals surface area contributed by atoms with E-state index in [2.05, 4.69) is 54.3 Å². The molecular weight excluding hydrogens is 427 g/mol. The van der Waals surface area contributed by atoms with Gasteiger partial charge in [-0.3, -0.25) is 9.59 Å². The molecule has 0 heterocycles. The number of carbonyl (C=O) groups is 2. The SMILES string of the molecule is N[C@@H](CS)C(=O)NCC(=O)OC[P+](c1ccccc1)(c1ccccc1)c1ccccc1. The van der Waals surface area contributed by atoms with E-state index < -0.39 is 25.2 Å². The monoisotopic (exact) mass is 453 g/mol. The van der Waals surface area contributed by atoms with Gasteiger partial charge in [-0.15, -0.1) is 0 Å². The lowest BCUT2D eigenvalue weighted by Crippen LogP contribution is -2.44. The van der Waals surface area contributed by atoms with Crippen LogP contribution in [0.1, 0.15) is 0 Å². The van der Waals surface area contributed by atoms with Gasteiger partial charge in [-0.25, -0.2) is 0 Å². The van der Waals surface area contributed by atoms with E-state index in [1.165, 1.54) is 0 Å². The lowest BCUT2D eigenvalue weighted by atomic mass is 10.3. The minimum absolute atomic E-state index is 0.193. The normalized spacial score (nSPS) is 12.1. The van der Waals surface area contributed by atoms with Crippen molar-refractivity contribution in [2.24, 2.45) is 5.73 Å². The first-order chi connectivity index (χ1) is 15.1. The number of nitrogens with two attached hydrogens (primary N) is 1. The van der Waals surface area contributed by atoms with Crippen LogP contribution in [0.25, 0.3) is 0 Å². The van der Waals surface area contributed by atoms with Gasteiger partial charge in [0.1, 0.15) is 22.5 Å². The summed E-state index contributed by atoms with van der Waals surface area (Å²) in [6.45, 7) is -0.237. The van der Waals surface area contributed by atoms with E-state index in [1.54, 1.807) is 0 Å². The van der Waals surface area contributed by atoms with Crippen LogP contribution in [0.3, 0.4) is 0 Å². The Labute approximate surface area is 188 Å². The van der Waals surface area contributed by atoms with Crippen LogP contribution in [0.5, 0.6) is 0 Å². The van der Waals surface area contributed by atoms with E-state index in [0.29, 0.717) is 0 Å². The Kier molecular flexibility index (Phi) is 8.24. The molecule has 0 saturated carbocycles. The van der Waals surface area contributed by atoms with E-state index >= 15 is 0 Å². The lowest BCUT2D eigenvalue weighted by molar-refractivity contribution is -0.142. The molecule has 160 valence electrons. The van der Waals surface area contributed by atoms with Gasteiger partial charge in [0.25, 0.3) is 0 Å². The summed E-state index contributed by atoms with van der Waals surface area (Å²) in [5, 5.41) is 5.85. The van der Waals surface area contributed by atoms with Crippen molar-refractivity contribution in [1.82, 2.24) is 5.32 Å². The molecule has 0 spiro atoms. The van der Waals surface area contributed by atoms with Gasteiger partial charge in [0.15, 0.2) is 7.26 Å². The second-order valence-electron chi connectivity index (χ2n) is 6.97. The molecule has 7 heteroatoms. The summed E-state index contributed by atoms with van der Waals surface area (Å²) < 4.78 is 5.77. The lowest BCUT2D eigenvalue weighted by Gasteiger charge is -2.26. The number of hydrogen-bond acceptors (Lipinski definition) is 5. The molecule has 0 radical (unpaired) electrons. The highest BCUT2D eigenvalue weighted by atomic mass is 32.1. The average Bonchev–Trinajstić information content (AvgIpc) is 2.84. The summed E-state index contributed by atoms with van der Waals surface area (Å²) in [6, 6.07) is 29.6. The maximum absolute atomic E-state index is 12.5. The third-order valence-electron chi connectivity index (χ3n) is 4.95. The van der Waals surface area contributed by atoms with Gasteiger partial charge in [0.2, 0.25) is 12.3 Å². The van der Waals surface area contributed by atoms with Crippen molar-refractivity contribution in [2.45, 2.75) is 6.04 Å². The van der Waals surface area contributed by atoms with Crippen LogP contribution in [0.15, 0.2) is 91.0 Å². The zero-order valence-electron chi connectivity index (χ0n) is 17.1. The van der Waals surface area contributed by atoms with Crippen molar-refractivity contribution >= 4 is 47.7 Å². The largest absolute Gasteiger partial charge is 0.427 e. The molecule has 3 aromatic rings. The Morgan fingerprint density at radius 3 is 1.65 bits per heavy atom. The smallest absolute Gasteiger partial charge is 0.328 e. The minimum atomic E-state index is -2.27. The number of benzene rings is 3. The molecule has 3 rings (SSSR count). The molecular formula is C24H26N2O3PS+. The number of esters is 1. The maximum Gasteiger partial charge on any atom is 0.328 e. The van der Waals surface area contributed by atoms with Crippen molar-refractivity contribution < 1.29 is 14.3 Å². The summed E-state index contributed by atoms with van der Waals surface area (Å²) in [6.07, 6.45) is 0.193. The number of rotatable bonds is 9. The van der Waals surface area contributed by atoms with Gasteiger partial charge in [0.05, 0.1) is 6.04 Å². The number of thiol groups is 1. The van der Waals surface area contributed by atoms with Gasteiger partial charge in [-0.1, -0.05) is 54.6 Å². The molecule has 0 aliphatic carbocycles. The number of hydrogen-bond donors (Lipinski definition) is 3. The van der Waals surface area contributed by atoms with Gasteiger partial charge < -0.3 is 15.8 Å². The second-order valence-corrected chi connectivity index (χ2v) is 10.8. The fraction of sp³-hybridized carbons (Fsp3) is 0.167. The predicted octanol–water partition coefficient (Wildman–Crippen LogP) is 1.85. The van der Waals surface area contributed by atoms with Gasteiger partial charge in [-0.2, -0.15) is 12.6 Å². The van der Waals surface area contributed by atoms with Gasteiger partial charge in [-0.05, 0) is 36.4 Å². The predicted molar refractivity (Wildman–Crippen MR) is 131 cm³/mol. The fourth-order valence-corrected chi connectivity index (χ4v) is 7.20. The number of nitrogens with one attached hydrogen (secondary N) is 1. The van der Waals surface area contributed by atoms with Crippen molar-refractivity contribution in [2.75, 3.05) is 18.6 Å². The van der Waals surface area contributed by atoms with Gasteiger partial charge >= 0.3 is 5.97 Å². The fourth-order valence-electron chi connectivity index (χ4n) is 3.31. The average molecular weight is 454 g/mol. The first kappa shape index (κ1) is 23.0. The van der Waals surface area contributed by atoms with E-state index in [4.69, 9.17) is 10.5 Å². The third-order valence-corrected chi connectivity index (χ3v) is 9.40. The molecule has 0 bridgehead atoms. The highest BCUT2D eigenvalue weighted by Gasteiger charge is 2.46. The molecule has 3 aromatic carbocycles. The summed E-state index contributed by atoms with van der Waals surface area (Å²) in [5.74, 6) is -0.736. The van der Waals surface area contributed by atoms with Crippen molar-refractivity contribution in [3.63, 3.8) is 0 Å². The minimum Gasteiger partial charge on any atom is -0.427 e. The molecule has 1 atom stereocenters. The Balaban J connectivity index is 1.93. The number of carbonyl (C=O) groups excluding carboxylic acids is 2. The Morgan fingerprint density at radius 1 is 0.839 bits per heavy atom. The van der Waals surface area contributed by atoms with Gasteiger partial charge in [0, 0.05) is 5.75 Å². The topological polar surface area (TPSA) is 81.4 Å². The zero-order chi connectivity index (χ0) is 22.1. The van der Waals surface area contributed by atoms with Crippen LogP contribution >= 0.6 is 19.9 Å². The van der Waals surface area contributed by atoms with Crippen LogP contribution in [-0.4, -0.2) is 36.6 Å². The maximum atomic E-state index is 12.5. The summed E-state index contributed by atoms with van der Waals surface area (Å²) in [7, 11) is -2.27. The van der Waals surface area contributed by atoms with Crippen LogP contribution in [0.4, 0.5) is 0 Å². The standard InChI is InChI=1S/C24H25N2O3PS/c25-22(17-31)24(28)26-16-23(27)29-18-30(19-10-4-1-5-11-19,20-12-6-2-7-13-20)21-14-8-3-9-15-21/h1-15,22H,16-18,25H2,(H-,26,28,31)/p+1/t22-/m0/s1. The quantitative estimate of drug-likeness (QED) is 0.262. The van der Waals surface area contributed by atoms with Crippen molar-refractivity contribution in [3.05, 3.63) is 91.0 Å². The van der Waals surface area contributed by atoms with E-state index in [1.807, 2.05) is 54.6 Å². The van der Waals surface area contributed by atoms with Crippen LogP contribution < -0.4 is 27.0 Å². The van der Waals surface area contributed by atoms with Crippen LogP contribution in [0.2, 0.25) is 0 Å².